The molecule has 2 aliphatic rings. The number of halogens is 1. The highest BCUT2D eigenvalue weighted by atomic mass is 32.1. The van der Waals surface area contributed by atoms with Gasteiger partial charge in [0.25, 0.3) is 11.8 Å². The minimum atomic E-state index is -0.344. The van der Waals surface area contributed by atoms with Gasteiger partial charge in [0.15, 0.2) is 0 Å². The Hall–Kier alpha value is -3.52. The minimum Gasteiger partial charge on any atom is -0.350 e. The average Bonchev–Trinajstić information content (AvgIpc) is 3.18. The zero-order valence-corrected chi connectivity index (χ0v) is 20.3. The van der Waals surface area contributed by atoms with E-state index in [-0.39, 0.29) is 23.7 Å². The predicted molar refractivity (Wildman–Crippen MR) is 134 cm³/mol. The first-order valence-corrected chi connectivity index (χ1v) is 12.6. The smallest absolute Gasteiger partial charge is 0.274 e. The number of carbonyl (C=O) groups excluding carboxylic acids is 2. The molecule has 3 atom stereocenters. The van der Waals surface area contributed by atoms with Crippen molar-refractivity contribution in [3.05, 3.63) is 76.8 Å². The molecule has 1 aliphatic heterocycles. The van der Waals surface area contributed by atoms with Gasteiger partial charge in [0.05, 0.1) is 21.5 Å². The second-order valence-corrected chi connectivity index (χ2v) is 10.7. The molecule has 0 unspecified atom stereocenters. The molecule has 0 spiro atoms. The maximum absolute atomic E-state index is 13.9. The number of nitrogens with one attached hydrogen (secondary N) is 1. The van der Waals surface area contributed by atoms with Crippen LogP contribution in [0.15, 0.2) is 54.7 Å². The van der Waals surface area contributed by atoms with E-state index in [9.17, 15) is 14.0 Å². The Morgan fingerprint density at radius 2 is 2.03 bits per heavy atom. The van der Waals surface area contributed by atoms with E-state index in [2.05, 4.69) is 10.3 Å². The zero-order valence-electron chi connectivity index (χ0n) is 19.5. The van der Waals surface area contributed by atoms with Crippen LogP contribution in [0.1, 0.15) is 32.3 Å². The molecule has 2 amide bonds. The van der Waals surface area contributed by atoms with Gasteiger partial charge < -0.3 is 14.8 Å². The third-order valence-electron chi connectivity index (χ3n) is 7.20. The van der Waals surface area contributed by atoms with Crippen molar-refractivity contribution >= 4 is 34.1 Å². The number of rotatable bonds is 5. The third-order valence-corrected chi connectivity index (χ3v) is 8.22. The van der Waals surface area contributed by atoms with Crippen LogP contribution in [0.25, 0.3) is 21.3 Å². The number of likely N-dealkylation sites (tertiary alicyclic amines) is 1. The van der Waals surface area contributed by atoms with E-state index >= 15 is 0 Å². The Labute approximate surface area is 206 Å². The Bertz CT molecular complexity index is 1480. The molecule has 0 bridgehead atoms. The average molecular weight is 489 g/mol. The number of amides is 2. The van der Waals surface area contributed by atoms with Gasteiger partial charge in [-0.1, -0.05) is 30.3 Å². The van der Waals surface area contributed by atoms with E-state index in [1.807, 2.05) is 53.9 Å². The van der Waals surface area contributed by atoms with Crippen LogP contribution >= 0.6 is 11.3 Å². The Balaban J connectivity index is 1.23. The molecule has 2 fully saturated rings. The molecule has 2 aromatic heterocycles. The van der Waals surface area contributed by atoms with Crippen LogP contribution in [-0.2, 0) is 7.05 Å². The lowest BCUT2D eigenvalue weighted by Crippen LogP contribution is -2.45. The fourth-order valence-electron chi connectivity index (χ4n) is 5.41. The molecule has 8 heteroatoms. The summed E-state index contributed by atoms with van der Waals surface area (Å²) in [7, 11) is 1.93. The van der Waals surface area contributed by atoms with Gasteiger partial charge in [-0.2, -0.15) is 0 Å². The number of hydrogen-bond acceptors (Lipinski definition) is 4. The van der Waals surface area contributed by atoms with Crippen molar-refractivity contribution in [2.24, 2.45) is 18.9 Å². The largest absolute Gasteiger partial charge is 0.350 e. The summed E-state index contributed by atoms with van der Waals surface area (Å²) in [4.78, 5) is 33.8. The van der Waals surface area contributed by atoms with Crippen molar-refractivity contribution in [3.63, 3.8) is 0 Å². The first-order valence-electron chi connectivity index (χ1n) is 11.8. The fourth-order valence-corrected chi connectivity index (χ4v) is 6.32. The second-order valence-electron chi connectivity index (χ2n) is 9.49. The van der Waals surface area contributed by atoms with Crippen molar-refractivity contribution < 1.29 is 14.0 Å². The molecular weight excluding hydrogens is 463 g/mol. The van der Waals surface area contributed by atoms with Gasteiger partial charge in [-0.15, -0.1) is 11.3 Å². The number of fused-ring (bicyclic) bond motifs is 2. The molecule has 35 heavy (non-hydrogen) atoms. The van der Waals surface area contributed by atoms with Crippen LogP contribution in [0.5, 0.6) is 0 Å². The molecule has 4 aromatic rings. The number of hydrogen-bond donors (Lipinski definition) is 1. The Morgan fingerprint density at radius 1 is 1.20 bits per heavy atom. The topological polar surface area (TPSA) is 67.2 Å². The van der Waals surface area contributed by atoms with Gasteiger partial charge in [-0.3, -0.25) is 9.59 Å². The van der Waals surface area contributed by atoms with Crippen molar-refractivity contribution in [1.29, 1.82) is 0 Å². The van der Waals surface area contributed by atoms with Gasteiger partial charge >= 0.3 is 0 Å². The van der Waals surface area contributed by atoms with Gasteiger partial charge in [-0.25, -0.2) is 9.37 Å². The first kappa shape index (κ1) is 22.0. The highest BCUT2D eigenvalue weighted by Crippen LogP contribution is 2.50. The number of para-hydroxylation sites is 1. The Morgan fingerprint density at radius 3 is 2.86 bits per heavy atom. The lowest BCUT2D eigenvalue weighted by atomic mass is 10.1. The standard InChI is InChI=1S/C27H25FN4O2S/c1-15-30-24(25(35-15)16-6-5-7-18(28)10-16)27(34)32-13-17-11-20(17)23(32)12-29-26(33)21-14-31(2)22-9-4-3-8-19(21)22/h3-10,14,17,20,23H,11-13H2,1-2H3,(H,29,33)/t17-,20-,23-/m1/s1. The monoisotopic (exact) mass is 488 g/mol. The van der Waals surface area contributed by atoms with Crippen LogP contribution in [0.4, 0.5) is 4.39 Å². The van der Waals surface area contributed by atoms with E-state index in [0.29, 0.717) is 46.6 Å². The summed E-state index contributed by atoms with van der Waals surface area (Å²) in [6.45, 7) is 2.92. The maximum Gasteiger partial charge on any atom is 0.274 e. The first-order chi connectivity index (χ1) is 16.9. The SMILES string of the molecule is Cc1nc(C(=O)N2C[C@H]3C[C@H]3[C@H]2CNC(=O)c2cn(C)c3ccccc23)c(-c2cccc(F)c2)s1. The van der Waals surface area contributed by atoms with Crippen molar-refractivity contribution in [2.75, 3.05) is 13.1 Å². The van der Waals surface area contributed by atoms with Crippen molar-refractivity contribution in [2.45, 2.75) is 19.4 Å². The summed E-state index contributed by atoms with van der Waals surface area (Å²) in [5.41, 5.74) is 2.66. The predicted octanol–water partition coefficient (Wildman–Crippen LogP) is 4.64. The second kappa shape index (κ2) is 8.30. The summed E-state index contributed by atoms with van der Waals surface area (Å²) in [5.74, 6) is 0.233. The van der Waals surface area contributed by atoms with Gasteiger partial charge in [0, 0.05) is 37.2 Å². The lowest BCUT2D eigenvalue weighted by Gasteiger charge is -2.27. The van der Waals surface area contributed by atoms with Crippen LogP contribution in [0.3, 0.4) is 0 Å². The number of piperidine rings is 1. The van der Waals surface area contributed by atoms with Gasteiger partial charge in [-0.05, 0) is 48.9 Å². The normalized spacial score (nSPS) is 20.8. The summed E-state index contributed by atoms with van der Waals surface area (Å²) >= 11 is 1.40. The summed E-state index contributed by atoms with van der Waals surface area (Å²) in [6.07, 6.45) is 2.92. The fraction of sp³-hybridized carbons (Fsp3) is 0.296. The summed E-state index contributed by atoms with van der Waals surface area (Å²) in [5, 5.41) is 4.76. The molecule has 1 saturated heterocycles. The summed E-state index contributed by atoms with van der Waals surface area (Å²) in [6, 6.07) is 14.0. The third kappa shape index (κ3) is 3.82. The van der Waals surface area contributed by atoms with E-state index < -0.39 is 0 Å². The molecule has 6 nitrogen and oxygen atoms in total. The molecule has 1 saturated carbocycles. The van der Waals surface area contributed by atoms with E-state index in [4.69, 9.17) is 0 Å². The molecule has 1 N–H and O–H groups in total. The number of aromatic nitrogens is 2. The maximum atomic E-state index is 13.9. The van der Waals surface area contributed by atoms with Crippen LogP contribution in [-0.4, -0.2) is 45.4 Å². The van der Waals surface area contributed by atoms with Crippen molar-refractivity contribution in [3.8, 4) is 10.4 Å². The number of nitrogens with zero attached hydrogens (tertiary/aromatic N) is 3. The molecule has 6 rings (SSSR count). The minimum absolute atomic E-state index is 0.0752. The van der Waals surface area contributed by atoms with Crippen LogP contribution in [0.2, 0.25) is 0 Å². The number of thiazole rings is 1. The highest BCUT2D eigenvalue weighted by Gasteiger charge is 2.54. The van der Waals surface area contributed by atoms with E-state index in [1.54, 1.807) is 12.1 Å². The molecule has 2 aromatic carbocycles. The van der Waals surface area contributed by atoms with Crippen LogP contribution < -0.4 is 5.32 Å². The molecular formula is C27H25FN4O2S. The quantitative estimate of drug-likeness (QED) is 0.445. The summed E-state index contributed by atoms with van der Waals surface area (Å²) < 4.78 is 15.8. The highest BCUT2D eigenvalue weighted by molar-refractivity contribution is 7.15. The molecule has 178 valence electrons. The van der Waals surface area contributed by atoms with Gasteiger partial charge in [0.1, 0.15) is 11.5 Å². The lowest BCUT2D eigenvalue weighted by molar-refractivity contribution is 0.0690. The number of carbonyl (C=O) groups is 2. The zero-order chi connectivity index (χ0) is 24.3. The molecule has 3 heterocycles. The molecule has 0 radical (unpaired) electrons. The van der Waals surface area contributed by atoms with Crippen LogP contribution in [0, 0.1) is 24.6 Å². The van der Waals surface area contributed by atoms with E-state index in [0.717, 1.165) is 22.3 Å². The number of benzene rings is 2. The Kier molecular flexibility index (Phi) is 5.21. The van der Waals surface area contributed by atoms with Crippen molar-refractivity contribution in [1.82, 2.24) is 19.8 Å². The van der Waals surface area contributed by atoms with E-state index in [1.165, 1.54) is 23.5 Å². The molecule has 1 aliphatic carbocycles. The van der Waals surface area contributed by atoms with Gasteiger partial charge in [0.2, 0.25) is 0 Å². The number of aryl methyl sites for hydroxylation is 2.